The largest absolute Gasteiger partial charge is 0.315 e. The molecule has 0 radical (unpaired) electrons. The van der Waals surface area contributed by atoms with Crippen molar-refractivity contribution in [3.8, 4) is 0 Å². The van der Waals surface area contributed by atoms with Gasteiger partial charge in [-0.05, 0) is 19.4 Å². The van der Waals surface area contributed by atoms with Gasteiger partial charge in [-0.25, -0.2) is 8.93 Å². The van der Waals surface area contributed by atoms with Gasteiger partial charge in [-0.3, -0.25) is 0 Å². The van der Waals surface area contributed by atoms with E-state index in [1.165, 1.54) is 6.42 Å². The van der Waals surface area contributed by atoms with Crippen LogP contribution in [-0.2, 0) is 11.0 Å². The second-order valence-electron chi connectivity index (χ2n) is 2.80. The van der Waals surface area contributed by atoms with Crippen LogP contribution in [0.25, 0.3) is 0 Å². The first-order valence-corrected chi connectivity index (χ1v) is 5.50. The lowest BCUT2D eigenvalue weighted by molar-refractivity contribution is 0.436. The van der Waals surface area contributed by atoms with E-state index in [0.717, 1.165) is 19.5 Å². The molecular weight excluding hydrogens is 160 g/mol. The van der Waals surface area contributed by atoms with E-state index in [2.05, 4.69) is 10.0 Å². The Morgan fingerprint density at radius 2 is 2.55 bits per heavy atom. The lowest BCUT2D eigenvalue weighted by Crippen LogP contribution is -2.44. The fraction of sp³-hybridized carbons (Fsp3) is 1.00. The van der Waals surface area contributed by atoms with Crippen LogP contribution in [0, 0.1) is 0 Å². The van der Waals surface area contributed by atoms with Gasteiger partial charge < -0.3 is 5.32 Å². The van der Waals surface area contributed by atoms with Crippen molar-refractivity contribution >= 4 is 11.0 Å². The van der Waals surface area contributed by atoms with E-state index in [1.807, 2.05) is 6.92 Å². The van der Waals surface area contributed by atoms with Crippen LogP contribution in [-0.4, -0.2) is 29.1 Å². The van der Waals surface area contributed by atoms with Crippen LogP contribution in [0.5, 0.6) is 0 Å². The van der Waals surface area contributed by atoms with Crippen LogP contribution in [0.4, 0.5) is 0 Å². The second kappa shape index (κ2) is 4.85. The zero-order chi connectivity index (χ0) is 8.10. The maximum atomic E-state index is 11.1. The number of nitrogens with one attached hydrogen (secondary N) is 2. The minimum Gasteiger partial charge on any atom is -0.315 e. The fourth-order valence-corrected chi connectivity index (χ4v) is 1.96. The van der Waals surface area contributed by atoms with Crippen molar-refractivity contribution in [3.05, 3.63) is 0 Å². The monoisotopic (exact) mass is 176 g/mol. The summed E-state index contributed by atoms with van der Waals surface area (Å²) in [5, 5.41) is 3.27. The summed E-state index contributed by atoms with van der Waals surface area (Å²) in [5.41, 5.74) is 0. The predicted molar refractivity (Wildman–Crippen MR) is 47.7 cm³/mol. The highest BCUT2D eigenvalue weighted by atomic mass is 32.2. The van der Waals surface area contributed by atoms with Gasteiger partial charge in [0.2, 0.25) is 0 Å². The summed E-state index contributed by atoms with van der Waals surface area (Å²) in [6.07, 6.45) is 2.34. The molecule has 1 aliphatic heterocycles. The Kier molecular flexibility index (Phi) is 4.04. The van der Waals surface area contributed by atoms with E-state index in [4.69, 9.17) is 0 Å². The van der Waals surface area contributed by atoms with E-state index in [9.17, 15) is 4.21 Å². The van der Waals surface area contributed by atoms with Gasteiger partial charge in [-0.15, -0.1) is 0 Å². The third-order valence-electron chi connectivity index (χ3n) is 1.86. The molecule has 2 N–H and O–H groups in total. The fourth-order valence-electron chi connectivity index (χ4n) is 1.22. The van der Waals surface area contributed by atoms with Gasteiger partial charge in [-0.1, -0.05) is 6.92 Å². The SMILES string of the molecule is CCS(=O)N[C@H]1CCCNC1. The van der Waals surface area contributed by atoms with Crippen molar-refractivity contribution in [1.29, 1.82) is 0 Å². The summed E-state index contributed by atoms with van der Waals surface area (Å²) in [4.78, 5) is 0. The molecular formula is C7H16N2OS. The smallest absolute Gasteiger partial charge is 0.0915 e. The van der Waals surface area contributed by atoms with E-state index < -0.39 is 11.0 Å². The Balaban J connectivity index is 2.19. The summed E-state index contributed by atoms with van der Waals surface area (Å²) >= 11 is 0. The van der Waals surface area contributed by atoms with Crippen LogP contribution in [0.2, 0.25) is 0 Å². The van der Waals surface area contributed by atoms with E-state index in [0.29, 0.717) is 11.8 Å². The maximum absolute atomic E-state index is 11.1. The highest BCUT2D eigenvalue weighted by Crippen LogP contribution is 2.01. The average molecular weight is 176 g/mol. The van der Waals surface area contributed by atoms with Gasteiger partial charge in [0.15, 0.2) is 0 Å². The van der Waals surface area contributed by atoms with Gasteiger partial charge in [0.25, 0.3) is 0 Å². The van der Waals surface area contributed by atoms with Crippen molar-refractivity contribution in [2.75, 3.05) is 18.8 Å². The molecule has 4 heteroatoms. The van der Waals surface area contributed by atoms with Crippen molar-refractivity contribution in [2.45, 2.75) is 25.8 Å². The molecule has 0 aliphatic carbocycles. The normalized spacial score (nSPS) is 28.3. The van der Waals surface area contributed by atoms with Crippen LogP contribution >= 0.6 is 0 Å². The van der Waals surface area contributed by atoms with Crippen molar-refractivity contribution in [1.82, 2.24) is 10.0 Å². The summed E-state index contributed by atoms with van der Waals surface area (Å²) < 4.78 is 14.1. The average Bonchev–Trinajstić information content (AvgIpc) is 2.06. The molecule has 0 spiro atoms. The van der Waals surface area contributed by atoms with Gasteiger partial charge in [0, 0.05) is 18.3 Å². The Bertz CT molecular complexity index is 134. The summed E-state index contributed by atoms with van der Waals surface area (Å²) in [7, 11) is -0.815. The molecule has 3 nitrogen and oxygen atoms in total. The molecule has 1 aliphatic rings. The highest BCUT2D eigenvalue weighted by molar-refractivity contribution is 7.82. The third-order valence-corrected chi connectivity index (χ3v) is 2.98. The molecule has 1 unspecified atom stereocenters. The molecule has 0 bridgehead atoms. The van der Waals surface area contributed by atoms with Gasteiger partial charge >= 0.3 is 0 Å². The maximum Gasteiger partial charge on any atom is 0.0915 e. The topological polar surface area (TPSA) is 41.1 Å². The zero-order valence-electron chi connectivity index (χ0n) is 6.93. The van der Waals surface area contributed by atoms with Gasteiger partial charge in [0.1, 0.15) is 0 Å². The predicted octanol–water partition coefficient (Wildman–Crippen LogP) is 0.0116. The number of hydrogen-bond donors (Lipinski definition) is 2. The van der Waals surface area contributed by atoms with Crippen molar-refractivity contribution < 1.29 is 4.21 Å². The zero-order valence-corrected chi connectivity index (χ0v) is 7.75. The lowest BCUT2D eigenvalue weighted by Gasteiger charge is -2.22. The molecule has 1 heterocycles. The molecule has 66 valence electrons. The molecule has 0 aromatic carbocycles. The molecule has 1 saturated heterocycles. The molecule has 11 heavy (non-hydrogen) atoms. The van der Waals surface area contributed by atoms with Crippen molar-refractivity contribution in [2.24, 2.45) is 0 Å². The quantitative estimate of drug-likeness (QED) is 0.636. The molecule has 0 amide bonds. The molecule has 1 fully saturated rings. The molecule has 1 rings (SSSR count). The van der Waals surface area contributed by atoms with Crippen LogP contribution in [0.15, 0.2) is 0 Å². The highest BCUT2D eigenvalue weighted by Gasteiger charge is 2.13. The Labute approximate surface area is 70.5 Å². The minimum atomic E-state index is -0.815. The first-order chi connectivity index (χ1) is 5.33. The molecule has 0 aromatic rings. The molecule has 0 saturated carbocycles. The van der Waals surface area contributed by atoms with Gasteiger partial charge in [-0.2, -0.15) is 0 Å². The first-order valence-electron chi connectivity index (χ1n) is 4.18. The Morgan fingerprint density at radius 1 is 1.73 bits per heavy atom. The summed E-state index contributed by atoms with van der Waals surface area (Å²) in [6.45, 7) is 4.00. The van der Waals surface area contributed by atoms with Crippen LogP contribution < -0.4 is 10.0 Å². The summed E-state index contributed by atoms with van der Waals surface area (Å²) in [5.74, 6) is 0.705. The second-order valence-corrected chi connectivity index (χ2v) is 4.30. The lowest BCUT2D eigenvalue weighted by atomic mass is 10.1. The van der Waals surface area contributed by atoms with E-state index in [1.54, 1.807) is 0 Å². The van der Waals surface area contributed by atoms with Crippen molar-refractivity contribution in [3.63, 3.8) is 0 Å². The number of hydrogen-bond acceptors (Lipinski definition) is 2. The number of rotatable bonds is 3. The first kappa shape index (κ1) is 9.16. The molecule has 0 aromatic heterocycles. The van der Waals surface area contributed by atoms with Crippen LogP contribution in [0.1, 0.15) is 19.8 Å². The summed E-state index contributed by atoms with van der Waals surface area (Å²) in [6, 6.07) is 0.421. The Morgan fingerprint density at radius 3 is 3.09 bits per heavy atom. The third kappa shape index (κ3) is 3.31. The number of piperidine rings is 1. The Hall–Kier alpha value is 0.0700. The standard InChI is InChI=1S/C7H16N2OS/c1-2-11(10)9-7-4-3-5-8-6-7/h7-9H,2-6H2,1H3/t7-,11?/m0/s1. The van der Waals surface area contributed by atoms with Gasteiger partial charge in [0.05, 0.1) is 11.0 Å². The van der Waals surface area contributed by atoms with E-state index >= 15 is 0 Å². The van der Waals surface area contributed by atoms with Crippen LogP contribution in [0.3, 0.4) is 0 Å². The minimum absolute atomic E-state index is 0.421. The molecule has 2 atom stereocenters. The van der Waals surface area contributed by atoms with E-state index in [-0.39, 0.29) is 0 Å².